The third-order valence-electron chi connectivity index (χ3n) is 2.24. The molecule has 0 fully saturated rings. The van der Waals surface area contributed by atoms with Crippen LogP contribution in [0, 0.1) is 0 Å². The number of nitrogens with two attached hydrogens (primary N) is 1. The van der Waals surface area contributed by atoms with Crippen molar-refractivity contribution < 1.29 is 13.3 Å². The highest BCUT2D eigenvalue weighted by atomic mass is 28.4. The van der Waals surface area contributed by atoms with Gasteiger partial charge in [0.05, 0.1) is 5.67 Å². The first kappa shape index (κ1) is 16.0. The first-order chi connectivity index (χ1) is 7.70. The average Bonchev–Trinajstić information content (AvgIpc) is 2.26. The lowest BCUT2D eigenvalue weighted by Gasteiger charge is -2.35. The molecule has 0 aliphatic heterocycles. The molecule has 0 aromatic carbocycles. The Balaban J connectivity index is 4.78. The average molecular weight is 250 g/mol. The minimum Gasteiger partial charge on any atom is -0.373 e. The first-order valence-corrected chi connectivity index (χ1v) is 7.86. The van der Waals surface area contributed by atoms with Crippen LogP contribution in [0.4, 0.5) is 0 Å². The Morgan fingerprint density at radius 3 is 1.69 bits per heavy atom. The van der Waals surface area contributed by atoms with E-state index in [0.717, 1.165) is 6.42 Å². The highest BCUT2D eigenvalue weighted by Gasteiger charge is 2.48. The van der Waals surface area contributed by atoms with Crippen LogP contribution in [0.3, 0.4) is 0 Å². The Kier molecular flexibility index (Phi) is 9.10. The second kappa shape index (κ2) is 9.09. The zero-order valence-corrected chi connectivity index (χ0v) is 11.9. The molecule has 0 aliphatic rings. The van der Waals surface area contributed by atoms with Crippen LogP contribution in [-0.4, -0.2) is 41.0 Å². The summed E-state index contributed by atoms with van der Waals surface area (Å²) in [6.07, 6.45) is 0.878. The molecule has 3 N–H and O–H groups in total. The largest absolute Gasteiger partial charge is 0.518 e. The van der Waals surface area contributed by atoms with E-state index in [1.54, 1.807) is 0 Å². The molecular formula is C10H26N2O3Si. The van der Waals surface area contributed by atoms with E-state index in [-0.39, 0.29) is 5.67 Å². The van der Waals surface area contributed by atoms with Crippen molar-refractivity contribution in [2.45, 2.75) is 39.8 Å². The van der Waals surface area contributed by atoms with Crippen molar-refractivity contribution in [1.29, 1.82) is 0 Å². The molecule has 0 aromatic heterocycles. The molecule has 16 heavy (non-hydrogen) atoms. The van der Waals surface area contributed by atoms with Gasteiger partial charge in [-0.1, -0.05) is 6.92 Å². The number of hydrogen-bond donors (Lipinski definition) is 2. The molecule has 0 radical (unpaired) electrons. The van der Waals surface area contributed by atoms with Gasteiger partial charge in [0.25, 0.3) is 0 Å². The zero-order valence-electron chi connectivity index (χ0n) is 10.9. The summed E-state index contributed by atoms with van der Waals surface area (Å²) in [5.74, 6) is 0. The van der Waals surface area contributed by atoms with Gasteiger partial charge in [-0.05, 0) is 27.2 Å². The third-order valence-corrected chi connectivity index (χ3v) is 5.77. The fraction of sp³-hybridized carbons (Fsp3) is 1.00. The van der Waals surface area contributed by atoms with E-state index in [0.29, 0.717) is 26.5 Å². The van der Waals surface area contributed by atoms with Crippen molar-refractivity contribution in [3.05, 3.63) is 0 Å². The fourth-order valence-corrected chi connectivity index (χ4v) is 4.62. The van der Waals surface area contributed by atoms with Crippen molar-refractivity contribution >= 4 is 8.80 Å². The Bertz CT molecular complexity index is 155. The second-order valence-electron chi connectivity index (χ2n) is 3.27. The van der Waals surface area contributed by atoms with Crippen LogP contribution in [0.1, 0.15) is 34.1 Å². The van der Waals surface area contributed by atoms with E-state index in [4.69, 9.17) is 19.0 Å². The summed E-state index contributed by atoms with van der Waals surface area (Å²) in [7, 11) is -2.64. The highest BCUT2D eigenvalue weighted by molar-refractivity contribution is 6.62. The molecule has 0 rings (SSSR count). The lowest BCUT2D eigenvalue weighted by Crippen LogP contribution is -2.62. The van der Waals surface area contributed by atoms with Crippen molar-refractivity contribution in [3.8, 4) is 0 Å². The van der Waals surface area contributed by atoms with Crippen LogP contribution in [0.2, 0.25) is 0 Å². The van der Waals surface area contributed by atoms with Crippen LogP contribution < -0.4 is 11.1 Å². The summed E-state index contributed by atoms with van der Waals surface area (Å²) in [6.45, 7) is 10.1. The summed E-state index contributed by atoms with van der Waals surface area (Å²) in [4.78, 5) is 0. The van der Waals surface area contributed by atoms with E-state index in [2.05, 4.69) is 12.2 Å². The van der Waals surface area contributed by atoms with Crippen LogP contribution in [0.15, 0.2) is 0 Å². The summed E-state index contributed by atoms with van der Waals surface area (Å²) in [5, 5.41) is 3.19. The molecule has 0 bridgehead atoms. The van der Waals surface area contributed by atoms with Gasteiger partial charge in [-0.2, -0.15) is 0 Å². The van der Waals surface area contributed by atoms with E-state index in [1.165, 1.54) is 0 Å². The molecular weight excluding hydrogens is 224 g/mol. The van der Waals surface area contributed by atoms with Gasteiger partial charge in [-0.3, -0.25) is 5.32 Å². The summed E-state index contributed by atoms with van der Waals surface area (Å²) in [6, 6.07) is 0. The standard InChI is InChI=1S/C10H26N2O3Si/c1-5-10(12-9-11)16(13-6-2,14-7-3)15-8-4/h10,12H,5-9,11H2,1-4H3. The van der Waals surface area contributed by atoms with Gasteiger partial charge in [0, 0.05) is 26.5 Å². The Hall–Kier alpha value is 0.0169. The van der Waals surface area contributed by atoms with Gasteiger partial charge in [-0.15, -0.1) is 0 Å². The predicted octanol–water partition coefficient (Wildman–Crippen LogP) is 0.858. The molecule has 0 amide bonds. The van der Waals surface area contributed by atoms with Gasteiger partial charge in [0.15, 0.2) is 0 Å². The molecule has 98 valence electrons. The number of hydrogen-bond acceptors (Lipinski definition) is 5. The lowest BCUT2D eigenvalue weighted by atomic mass is 10.5. The molecule has 0 spiro atoms. The Morgan fingerprint density at radius 2 is 1.44 bits per heavy atom. The summed E-state index contributed by atoms with van der Waals surface area (Å²) >= 11 is 0. The lowest BCUT2D eigenvalue weighted by molar-refractivity contribution is 0.0574. The van der Waals surface area contributed by atoms with Gasteiger partial charge < -0.3 is 19.0 Å². The molecule has 1 unspecified atom stereocenters. The zero-order chi connectivity index (χ0) is 12.4. The van der Waals surface area contributed by atoms with E-state index in [1.807, 2.05) is 20.8 Å². The van der Waals surface area contributed by atoms with Crippen LogP contribution in [0.5, 0.6) is 0 Å². The first-order valence-electron chi connectivity index (χ1n) is 6.05. The molecule has 0 heterocycles. The van der Waals surface area contributed by atoms with E-state index >= 15 is 0 Å². The van der Waals surface area contributed by atoms with Gasteiger partial charge in [-0.25, -0.2) is 0 Å². The van der Waals surface area contributed by atoms with E-state index in [9.17, 15) is 0 Å². The maximum Gasteiger partial charge on any atom is 0.518 e. The molecule has 6 heteroatoms. The third kappa shape index (κ3) is 4.48. The smallest absolute Gasteiger partial charge is 0.373 e. The normalized spacial score (nSPS) is 14.1. The second-order valence-corrected chi connectivity index (χ2v) is 6.04. The van der Waals surface area contributed by atoms with Crippen molar-refractivity contribution in [2.75, 3.05) is 26.5 Å². The maximum absolute atomic E-state index is 5.79. The van der Waals surface area contributed by atoms with E-state index < -0.39 is 8.80 Å². The van der Waals surface area contributed by atoms with Crippen LogP contribution in [0.25, 0.3) is 0 Å². The van der Waals surface area contributed by atoms with Gasteiger partial charge in [0.2, 0.25) is 0 Å². The maximum atomic E-state index is 5.79. The summed E-state index contributed by atoms with van der Waals surface area (Å²) in [5.41, 5.74) is 5.60. The monoisotopic (exact) mass is 250 g/mol. The molecule has 1 atom stereocenters. The Morgan fingerprint density at radius 1 is 1.00 bits per heavy atom. The number of rotatable bonds is 10. The molecule has 0 aromatic rings. The topological polar surface area (TPSA) is 65.7 Å². The molecule has 0 aliphatic carbocycles. The SMILES string of the molecule is CCO[Si](OCC)(OCC)C(CC)NCN. The van der Waals surface area contributed by atoms with Crippen LogP contribution in [-0.2, 0) is 13.3 Å². The number of nitrogens with one attached hydrogen (secondary N) is 1. The molecule has 0 saturated carbocycles. The highest BCUT2D eigenvalue weighted by Crippen LogP contribution is 2.17. The van der Waals surface area contributed by atoms with Gasteiger partial charge in [0.1, 0.15) is 0 Å². The predicted molar refractivity (Wildman–Crippen MR) is 66.9 cm³/mol. The molecule has 5 nitrogen and oxygen atoms in total. The van der Waals surface area contributed by atoms with Crippen molar-refractivity contribution in [1.82, 2.24) is 5.32 Å². The quantitative estimate of drug-likeness (QED) is 0.445. The molecule has 0 saturated heterocycles. The van der Waals surface area contributed by atoms with Crippen LogP contribution >= 0.6 is 0 Å². The Labute approximate surface area is 100 Å². The van der Waals surface area contributed by atoms with Crippen molar-refractivity contribution in [3.63, 3.8) is 0 Å². The fourth-order valence-electron chi connectivity index (χ4n) is 1.69. The minimum absolute atomic E-state index is 0.0670. The van der Waals surface area contributed by atoms with Gasteiger partial charge >= 0.3 is 8.80 Å². The minimum atomic E-state index is -2.64. The summed E-state index contributed by atoms with van der Waals surface area (Å²) < 4.78 is 17.4. The van der Waals surface area contributed by atoms with Crippen molar-refractivity contribution in [2.24, 2.45) is 5.73 Å².